The van der Waals surface area contributed by atoms with Gasteiger partial charge in [0.1, 0.15) is 0 Å². The predicted octanol–water partition coefficient (Wildman–Crippen LogP) is 4.16. The topological polar surface area (TPSA) is 32.3 Å². The van der Waals surface area contributed by atoms with Gasteiger partial charge in [0, 0.05) is 24.8 Å². The summed E-state index contributed by atoms with van der Waals surface area (Å²) in [6.45, 7) is 10.5. The molecular weight excluding hydrogens is 260 g/mol. The molecule has 1 heterocycles. The van der Waals surface area contributed by atoms with E-state index in [1.165, 1.54) is 6.42 Å². The lowest BCUT2D eigenvalue weighted by molar-refractivity contribution is 0.0758. The van der Waals surface area contributed by atoms with Crippen molar-refractivity contribution in [2.45, 2.75) is 53.0 Å². The molecule has 116 valence electrons. The summed E-state index contributed by atoms with van der Waals surface area (Å²) in [5.41, 5.74) is 2.09. The molecule has 0 saturated carbocycles. The molecule has 0 radical (unpaired) electrons. The highest BCUT2D eigenvalue weighted by Gasteiger charge is 2.26. The van der Waals surface area contributed by atoms with E-state index in [0.717, 1.165) is 37.2 Å². The number of para-hydroxylation sites is 1. The minimum atomic E-state index is 0.163. The molecule has 1 fully saturated rings. The van der Waals surface area contributed by atoms with E-state index < -0.39 is 0 Å². The quantitative estimate of drug-likeness (QED) is 0.905. The van der Waals surface area contributed by atoms with Gasteiger partial charge in [-0.1, -0.05) is 26.0 Å². The summed E-state index contributed by atoms with van der Waals surface area (Å²) in [6, 6.07) is 8.17. The molecule has 0 aromatic heterocycles. The molecule has 1 N–H and O–H groups in total. The van der Waals surface area contributed by atoms with Crippen molar-refractivity contribution in [1.29, 1.82) is 0 Å². The van der Waals surface area contributed by atoms with Gasteiger partial charge >= 0.3 is 0 Å². The minimum Gasteiger partial charge on any atom is -0.382 e. The Balaban J connectivity index is 2.16. The number of carbonyl (C=O) groups excluding carboxylic acids is 1. The van der Waals surface area contributed by atoms with Crippen molar-refractivity contribution in [2.75, 3.05) is 18.4 Å². The average Bonchev–Trinajstić information content (AvgIpc) is 2.59. The van der Waals surface area contributed by atoms with Crippen LogP contribution < -0.4 is 5.32 Å². The minimum absolute atomic E-state index is 0.163. The van der Waals surface area contributed by atoms with E-state index in [0.29, 0.717) is 11.5 Å². The Labute approximate surface area is 128 Å². The maximum atomic E-state index is 12.9. The van der Waals surface area contributed by atoms with Crippen molar-refractivity contribution in [3.8, 4) is 0 Å². The van der Waals surface area contributed by atoms with Crippen molar-refractivity contribution < 1.29 is 4.79 Å². The number of rotatable bonds is 3. The molecule has 0 bridgehead atoms. The van der Waals surface area contributed by atoms with Crippen LogP contribution in [0.1, 0.15) is 57.3 Å². The number of carbonyl (C=O) groups is 1. The van der Waals surface area contributed by atoms with Gasteiger partial charge in [0.15, 0.2) is 0 Å². The van der Waals surface area contributed by atoms with Gasteiger partial charge in [-0.05, 0) is 50.7 Å². The maximum absolute atomic E-state index is 12.9. The van der Waals surface area contributed by atoms with Crippen molar-refractivity contribution in [3.05, 3.63) is 29.8 Å². The third kappa shape index (κ3) is 4.23. The van der Waals surface area contributed by atoms with Crippen LogP contribution in [0.2, 0.25) is 0 Å². The third-order valence-electron chi connectivity index (χ3n) is 4.23. The number of likely N-dealkylation sites (tertiary alicyclic amines) is 1. The number of hydrogen-bond donors (Lipinski definition) is 1. The van der Waals surface area contributed by atoms with Gasteiger partial charge in [0.05, 0.1) is 5.56 Å². The molecule has 3 nitrogen and oxygen atoms in total. The van der Waals surface area contributed by atoms with Crippen LogP contribution in [0.25, 0.3) is 0 Å². The first-order valence-corrected chi connectivity index (χ1v) is 8.04. The van der Waals surface area contributed by atoms with E-state index in [1.54, 1.807) is 0 Å². The zero-order valence-corrected chi connectivity index (χ0v) is 13.8. The van der Waals surface area contributed by atoms with Gasteiger partial charge in [-0.25, -0.2) is 0 Å². The Morgan fingerprint density at radius 2 is 1.90 bits per heavy atom. The van der Waals surface area contributed by atoms with Gasteiger partial charge in [-0.2, -0.15) is 0 Å². The van der Waals surface area contributed by atoms with Crippen LogP contribution in [0.15, 0.2) is 24.3 Å². The van der Waals surface area contributed by atoms with Gasteiger partial charge in [0.25, 0.3) is 5.91 Å². The highest BCUT2D eigenvalue weighted by Crippen LogP contribution is 2.30. The highest BCUT2D eigenvalue weighted by molar-refractivity contribution is 5.99. The fraction of sp³-hybridized carbons (Fsp3) is 0.611. The van der Waals surface area contributed by atoms with Crippen LogP contribution in [0.4, 0.5) is 5.69 Å². The number of nitrogens with zero attached hydrogens (tertiary/aromatic N) is 1. The van der Waals surface area contributed by atoms with Crippen LogP contribution in [-0.2, 0) is 0 Å². The standard InChI is InChI=1S/C18H28N2O/c1-14(2)19-16-9-6-5-8-15(16)17(21)20-12-7-10-18(3,4)11-13-20/h5-6,8-9,14,19H,7,10-13H2,1-4H3. The number of hydrogen-bond acceptors (Lipinski definition) is 2. The van der Waals surface area contributed by atoms with E-state index in [9.17, 15) is 4.79 Å². The molecule has 1 saturated heterocycles. The lowest BCUT2D eigenvalue weighted by atomic mass is 9.85. The fourth-order valence-electron chi connectivity index (χ4n) is 2.90. The van der Waals surface area contributed by atoms with E-state index in [2.05, 4.69) is 33.0 Å². The number of nitrogens with one attached hydrogen (secondary N) is 1. The first-order valence-electron chi connectivity index (χ1n) is 8.04. The van der Waals surface area contributed by atoms with E-state index >= 15 is 0 Å². The lowest BCUT2D eigenvalue weighted by Crippen LogP contribution is -2.33. The first-order chi connectivity index (χ1) is 9.89. The fourth-order valence-corrected chi connectivity index (χ4v) is 2.90. The van der Waals surface area contributed by atoms with Crippen LogP contribution in [0.5, 0.6) is 0 Å². The van der Waals surface area contributed by atoms with Gasteiger partial charge in [-0.3, -0.25) is 4.79 Å². The third-order valence-corrected chi connectivity index (χ3v) is 4.23. The number of benzene rings is 1. The van der Waals surface area contributed by atoms with Crippen LogP contribution in [0, 0.1) is 5.41 Å². The first kappa shape index (κ1) is 15.9. The van der Waals surface area contributed by atoms with Crippen molar-refractivity contribution >= 4 is 11.6 Å². The van der Waals surface area contributed by atoms with Crippen LogP contribution >= 0.6 is 0 Å². The van der Waals surface area contributed by atoms with Crippen molar-refractivity contribution in [1.82, 2.24) is 4.90 Å². The molecule has 1 aromatic rings. The van der Waals surface area contributed by atoms with Gasteiger partial charge in [0.2, 0.25) is 0 Å². The monoisotopic (exact) mass is 288 g/mol. The molecule has 1 aromatic carbocycles. The summed E-state index contributed by atoms with van der Waals surface area (Å²) in [5, 5.41) is 3.38. The summed E-state index contributed by atoms with van der Waals surface area (Å²) in [6.07, 6.45) is 3.37. The zero-order valence-electron chi connectivity index (χ0n) is 13.8. The summed E-state index contributed by atoms with van der Waals surface area (Å²) in [4.78, 5) is 14.9. The largest absolute Gasteiger partial charge is 0.382 e. The van der Waals surface area contributed by atoms with Gasteiger partial charge < -0.3 is 10.2 Å². The van der Waals surface area contributed by atoms with Crippen molar-refractivity contribution in [3.63, 3.8) is 0 Å². The number of anilines is 1. The average molecular weight is 288 g/mol. The maximum Gasteiger partial charge on any atom is 0.255 e. The van der Waals surface area contributed by atoms with E-state index in [-0.39, 0.29) is 5.91 Å². The lowest BCUT2D eigenvalue weighted by Gasteiger charge is -2.24. The molecule has 2 rings (SSSR count). The second-order valence-corrected chi connectivity index (χ2v) is 7.15. The molecule has 0 spiro atoms. The molecule has 0 aliphatic carbocycles. The SMILES string of the molecule is CC(C)Nc1ccccc1C(=O)N1CCCC(C)(C)CC1. The molecule has 0 unspecified atom stereocenters. The molecule has 1 aliphatic rings. The summed E-state index contributed by atoms with van der Waals surface area (Å²) in [7, 11) is 0. The highest BCUT2D eigenvalue weighted by atomic mass is 16.2. The van der Waals surface area contributed by atoms with E-state index in [1.807, 2.05) is 29.2 Å². The zero-order chi connectivity index (χ0) is 15.5. The molecule has 3 heteroatoms. The second kappa shape index (κ2) is 6.50. The Kier molecular flexibility index (Phi) is 4.92. The van der Waals surface area contributed by atoms with Crippen LogP contribution in [-0.4, -0.2) is 29.9 Å². The molecular formula is C18H28N2O. The summed E-state index contributed by atoms with van der Waals surface area (Å²) in [5.74, 6) is 0.163. The Hall–Kier alpha value is -1.51. The van der Waals surface area contributed by atoms with Gasteiger partial charge in [-0.15, -0.1) is 0 Å². The predicted molar refractivity (Wildman–Crippen MR) is 88.7 cm³/mol. The molecule has 21 heavy (non-hydrogen) atoms. The second-order valence-electron chi connectivity index (χ2n) is 7.15. The molecule has 1 amide bonds. The molecule has 1 aliphatic heterocycles. The normalized spacial score (nSPS) is 18.4. The van der Waals surface area contributed by atoms with Crippen LogP contribution in [0.3, 0.4) is 0 Å². The Morgan fingerprint density at radius 1 is 1.19 bits per heavy atom. The smallest absolute Gasteiger partial charge is 0.255 e. The number of amides is 1. The Morgan fingerprint density at radius 3 is 2.62 bits per heavy atom. The molecule has 0 atom stereocenters. The Bertz CT molecular complexity index is 494. The van der Waals surface area contributed by atoms with Crippen molar-refractivity contribution in [2.24, 2.45) is 5.41 Å². The summed E-state index contributed by atoms with van der Waals surface area (Å²) >= 11 is 0. The summed E-state index contributed by atoms with van der Waals surface area (Å²) < 4.78 is 0. The van der Waals surface area contributed by atoms with E-state index in [4.69, 9.17) is 0 Å².